The van der Waals surface area contributed by atoms with E-state index in [4.69, 9.17) is 15.2 Å². The first-order valence-corrected chi connectivity index (χ1v) is 12.2. The van der Waals surface area contributed by atoms with E-state index < -0.39 is 11.5 Å². The molecule has 0 unspecified atom stereocenters. The van der Waals surface area contributed by atoms with Gasteiger partial charge in [-0.2, -0.15) is 0 Å². The molecular formula is C27H33N3O5. The van der Waals surface area contributed by atoms with Crippen molar-refractivity contribution in [1.82, 2.24) is 10.3 Å². The van der Waals surface area contributed by atoms with Crippen LogP contribution in [0.3, 0.4) is 0 Å². The van der Waals surface area contributed by atoms with Gasteiger partial charge in [0.15, 0.2) is 0 Å². The zero-order chi connectivity index (χ0) is 25.2. The molecule has 4 N–H and O–H groups in total. The highest BCUT2D eigenvalue weighted by Crippen LogP contribution is 2.34. The summed E-state index contributed by atoms with van der Waals surface area (Å²) in [4.78, 5) is 28.3. The standard InChI is InChI=1S/C27H33N3O5/c1-16(2)35-23-13-21-20(12-22(23)25(28)32)18(5-4-17-8-10-27(3,33)11-9-17)14-29-26(21)34-15-19-6-7-24(31)30-19/h12-14,16-17,19,33H,6-11,15H2,1-3H3,(H2,28,32)(H,30,31)/t17-,19-,27-/m0/s1. The molecule has 4 rings (SSSR count). The molecule has 0 radical (unpaired) electrons. The number of nitrogens with zero attached hydrogens (tertiary/aromatic N) is 1. The zero-order valence-corrected chi connectivity index (χ0v) is 20.5. The summed E-state index contributed by atoms with van der Waals surface area (Å²) in [7, 11) is 0. The van der Waals surface area contributed by atoms with Crippen LogP contribution in [-0.2, 0) is 4.79 Å². The maximum absolute atomic E-state index is 12.2. The summed E-state index contributed by atoms with van der Waals surface area (Å²) in [5, 5.41) is 14.5. The van der Waals surface area contributed by atoms with Crippen molar-refractivity contribution in [3.05, 3.63) is 29.5 Å². The average Bonchev–Trinajstić information content (AvgIpc) is 3.21. The molecule has 1 saturated heterocycles. The number of hydrogen-bond acceptors (Lipinski definition) is 6. The Labute approximate surface area is 205 Å². The van der Waals surface area contributed by atoms with E-state index in [1.807, 2.05) is 20.8 Å². The number of amides is 2. The summed E-state index contributed by atoms with van der Waals surface area (Å²) < 4.78 is 11.9. The number of hydrogen-bond donors (Lipinski definition) is 3. The van der Waals surface area contributed by atoms with Gasteiger partial charge in [-0.3, -0.25) is 9.59 Å². The van der Waals surface area contributed by atoms with Crippen LogP contribution in [0.2, 0.25) is 0 Å². The summed E-state index contributed by atoms with van der Waals surface area (Å²) in [5.74, 6) is 6.92. The van der Waals surface area contributed by atoms with Gasteiger partial charge in [0.1, 0.15) is 12.4 Å². The predicted octanol–water partition coefficient (Wildman–Crippen LogP) is 3.07. The van der Waals surface area contributed by atoms with Gasteiger partial charge in [-0.1, -0.05) is 11.8 Å². The Bertz CT molecular complexity index is 1180. The smallest absolute Gasteiger partial charge is 0.252 e. The second kappa shape index (κ2) is 10.1. The van der Waals surface area contributed by atoms with Crippen LogP contribution in [0.5, 0.6) is 11.6 Å². The molecule has 2 amide bonds. The number of aliphatic hydroxyl groups is 1. The number of benzene rings is 1. The van der Waals surface area contributed by atoms with Crippen molar-refractivity contribution in [3.63, 3.8) is 0 Å². The Balaban J connectivity index is 1.71. The van der Waals surface area contributed by atoms with Gasteiger partial charge in [-0.15, -0.1) is 0 Å². The number of nitrogens with two attached hydrogens (primary N) is 1. The quantitative estimate of drug-likeness (QED) is 0.547. The normalized spacial score (nSPS) is 24.1. The minimum Gasteiger partial charge on any atom is -0.490 e. The molecule has 0 bridgehead atoms. The van der Waals surface area contributed by atoms with Gasteiger partial charge < -0.3 is 25.6 Å². The van der Waals surface area contributed by atoms with Crippen molar-refractivity contribution < 1.29 is 24.2 Å². The van der Waals surface area contributed by atoms with Gasteiger partial charge >= 0.3 is 0 Å². The van der Waals surface area contributed by atoms with E-state index >= 15 is 0 Å². The van der Waals surface area contributed by atoms with Crippen molar-refractivity contribution in [2.75, 3.05) is 6.61 Å². The minimum absolute atomic E-state index is 0.0185. The molecule has 1 saturated carbocycles. The van der Waals surface area contributed by atoms with Gasteiger partial charge in [0.25, 0.3) is 5.91 Å². The van der Waals surface area contributed by atoms with Gasteiger partial charge in [0, 0.05) is 29.3 Å². The number of primary amides is 1. The largest absolute Gasteiger partial charge is 0.490 e. The Morgan fingerprint density at radius 3 is 2.66 bits per heavy atom. The lowest BCUT2D eigenvalue weighted by molar-refractivity contribution is -0.119. The van der Waals surface area contributed by atoms with Crippen LogP contribution >= 0.6 is 0 Å². The molecule has 1 aromatic carbocycles. The van der Waals surface area contributed by atoms with E-state index in [1.54, 1.807) is 18.3 Å². The molecule has 1 atom stereocenters. The first kappa shape index (κ1) is 24.8. The summed E-state index contributed by atoms with van der Waals surface area (Å²) in [6.45, 7) is 5.90. The first-order valence-electron chi connectivity index (χ1n) is 12.2. The molecule has 8 heteroatoms. The number of rotatable bonds is 6. The number of fused-ring (bicyclic) bond motifs is 1. The van der Waals surface area contributed by atoms with Crippen LogP contribution in [0, 0.1) is 17.8 Å². The lowest BCUT2D eigenvalue weighted by atomic mass is 9.80. The minimum atomic E-state index is -0.618. The molecule has 1 aromatic heterocycles. The SMILES string of the molecule is CC(C)Oc1cc2c(OC[C@@H]3CCC(=O)N3)ncc(C#C[C@H]3CC[C@](C)(O)CC3)c2cc1C(N)=O. The second-order valence-electron chi connectivity index (χ2n) is 10.1. The number of pyridine rings is 1. The molecule has 2 aromatic rings. The molecule has 1 aliphatic heterocycles. The molecule has 2 fully saturated rings. The fraction of sp³-hybridized carbons (Fsp3) is 0.519. The van der Waals surface area contributed by atoms with E-state index in [0.717, 1.165) is 25.7 Å². The number of aromatic nitrogens is 1. The monoisotopic (exact) mass is 479 g/mol. The summed E-state index contributed by atoms with van der Waals surface area (Å²) in [6, 6.07) is 3.35. The van der Waals surface area contributed by atoms with Crippen LogP contribution in [0.1, 0.15) is 75.2 Å². The second-order valence-corrected chi connectivity index (χ2v) is 10.1. The molecule has 2 heterocycles. The highest BCUT2D eigenvalue weighted by molar-refractivity contribution is 6.03. The third-order valence-electron chi connectivity index (χ3n) is 6.56. The maximum Gasteiger partial charge on any atom is 0.252 e. The maximum atomic E-state index is 12.2. The Kier molecular flexibility index (Phi) is 7.18. The molecule has 35 heavy (non-hydrogen) atoms. The van der Waals surface area contributed by atoms with Crippen molar-refractivity contribution >= 4 is 22.6 Å². The Hall–Kier alpha value is -3.31. The highest BCUT2D eigenvalue weighted by atomic mass is 16.5. The first-order chi connectivity index (χ1) is 16.6. The van der Waals surface area contributed by atoms with Gasteiger partial charge in [0.05, 0.1) is 28.9 Å². The number of carbonyl (C=O) groups excluding carboxylic acids is 2. The summed E-state index contributed by atoms with van der Waals surface area (Å²) in [5.41, 5.74) is 5.99. The fourth-order valence-electron chi connectivity index (χ4n) is 4.55. The predicted molar refractivity (Wildman–Crippen MR) is 132 cm³/mol. The number of carbonyl (C=O) groups is 2. The van der Waals surface area contributed by atoms with Crippen molar-refractivity contribution in [2.45, 2.75) is 77.0 Å². The summed E-state index contributed by atoms with van der Waals surface area (Å²) in [6.07, 6.45) is 5.78. The molecule has 186 valence electrons. The van der Waals surface area contributed by atoms with Crippen molar-refractivity contribution in [2.24, 2.45) is 11.7 Å². The molecule has 8 nitrogen and oxygen atoms in total. The molecule has 2 aliphatic rings. The van der Waals surface area contributed by atoms with Crippen LogP contribution in [-0.4, -0.2) is 46.3 Å². The zero-order valence-electron chi connectivity index (χ0n) is 20.5. The summed E-state index contributed by atoms with van der Waals surface area (Å²) >= 11 is 0. The van der Waals surface area contributed by atoms with Crippen LogP contribution in [0.15, 0.2) is 18.3 Å². The van der Waals surface area contributed by atoms with E-state index in [9.17, 15) is 14.7 Å². The lowest BCUT2D eigenvalue weighted by Crippen LogP contribution is -2.31. The molecular weight excluding hydrogens is 446 g/mol. The third kappa shape index (κ3) is 6.04. The Morgan fingerprint density at radius 1 is 1.29 bits per heavy atom. The van der Waals surface area contributed by atoms with Crippen LogP contribution in [0.4, 0.5) is 0 Å². The Morgan fingerprint density at radius 2 is 2.03 bits per heavy atom. The van der Waals surface area contributed by atoms with E-state index in [2.05, 4.69) is 22.1 Å². The van der Waals surface area contributed by atoms with Crippen molar-refractivity contribution in [3.8, 4) is 23.5 Å². The molecule has 0 spiro atoms. The van der Waals surface area contributed by atoms with Crippen LogP contribution < -0.4 is 20.5 Å². The fourth-order valence-corrected chi connectivity index (χ4v) is 4.55. The van der Waals surface area contributed by atoms with Gasteiger partial charge in [0.2, 0.25) is 11.8 Å². The van der Waals surface area contributed by atoms with E-state index in [-0.39, 0.29) is 29.5 Å². The molecule has 1 aliphatic carbocycles. The third-order valence-corrected chi connectivity index (χ3v) is 6.56. The van der Waals surface area contributed by atoms with Gasteiger partial charge in [-0.05, 0) is 65.0 Å². The van der Waals surface area contributed by atoms with Crippen molar-refractivity contribution in [1.29, 1.82) is 0 Å². The lowest BCUT2D eigenvalue weighted by Gasteiger charge is -2.30. The van der Waals surface area contributed by atoms with E-state index in [1.165, 1.54) is 0 Å². The average molecular weight is 480 g/mol. The van der Waals surface area contributed by atoms with E-state index in [0.29, 0.717) is 47.4 Å². The highest BCUT2D eigenvalue weighted by Gasteiger charge is 2.28. The number of ether oxygens (including phenoxy) is 2. The van der Waals surface area contributed by atoms with Crippen LogP contribution in [0.25, 0.3) is 10.8 Å². The number of nitrogens with one attached hydrogen (secondary N) is 1. The van der Waals surface area contributed by atoms with Gasteiger partial charge in [-0.25, -0.2) is 4.98 Å². The topological polar surface area (TPSA) is 124 Å².